The topological polar surface area (TPSA) is 263 Å². The smallest absolute Gasteiger partial charge is 0.302 e. The third kappa shape index (κ3) is 7.20. The molecule has 0 spiro atoms. The first-order valence-corrected chi connectivity index (χ1v) is 12.3. The van der Waals surface area contributed by atoms with Gasteiger partial charge < -0.3 is 74.6 Å². The van der Waals surface area contributed by atoms with Gasteiger partial charge in [0.25, 0.3) is 0 Å². The summed E-state index contributed by atoms with van der Waals surface area (Å²) in [5.74, 6) is -1.36. The van der Waals surface area contributed by atoms with Crippen LogP contribution in [0, 0.1) is 0 Å². The van der Waals surface area contributed by atoms with Gasteiger partial charge in [-0.25, -0.2) is 0 Å². The van der Waals surface area contributed by atoms with Crippen LogP contribution >= 0.6 is 0 Å². The lowest BCUT2D eigenvalue weighted by molar-refractivity contribution is -0.380. The second kappa shape index (κ2) is 13.4. The number of amides is 1. The summed E-state index contributed by atoms with van der Waals surface area (Å²) in [6.07, 6.45) is -22.5. The largest absolute Gasteiger partial charge is 0.463 e. The molecule has 0 aromatic heterocycles. The third-order valence-corrected chi connectivity index (χ3v) is 6.73. The predicted octanol–water partition coefficient (Wildman–Crippen LogP) is -5.83. The van der Waals surface area contributed by atoms with Crippen LogP contribution in [0.15, 0.2) is 0 Å². The van der Waals surface area contributed by atoms with E-state index in [0.717, 1.165) is 13.8 Å². The monoisotopic (exact) mass is 571 g/mol. The number of hydrogen-bond donors (Lipinski definition) is 9. The van der Waals surface area contributed by atoms with Crippen molar-refractivity contribution >= 4 is 11.9 Å². The molecule has 3 fully saturated rings. The highest BCUT2D eigenvalue weighted by atomic mass is 16.8. The van der Waals surface area contributed by atoms with Gasteiger partial charge >= 0.3 is 5.97 Å². The number of nitrogens with one attached hydrogen (secondary N) is 1. The number of hydrogen-bond acceptors (Lipinski definition) is 16. The Hall–Kier alpha value is -1.58. The molecule has 3 aliphatic rings. The lowest BCUT2D eigenvalue weighted by Gasteiger charge is -2.48. The molecule has 0 radical (unpaired) electrons. The van der Waals surface area contributed by atoms with E-state index < -0.39 is 117 Å². The average Bonchev–Trinajstić information content (AvgIpc) is 2.87. The van der Waals surface area contributed by atoms with E-state index in [1.165, 1.54) is 6.92 Å². The molecule has 3 rings (SSSR count). The Morgan fingerprint density at radius 1 is 0.744 bits per heavy atom. The number of carbonyl (C=O) groups excluding carboxylic acids is 2. The van der Waals surface area contributed by atoms with Crippen molar-refractivity contribution < 1.29 is 78.9 Å². The van der Waals surface area contributed by atoms with Crippen molar-refractivity contribution in [1.29, 1.82) is 0 Å². The van der Waals surface area contributed by atoms with Crippen LogP contribution in [0.3, 0.4) is 0 Å². The molecule has 3 saturated heterocycles. The molecule has 0 aromatic carbocycles. The minimum absolute atomic E-state index is 0.507. The van der Waals surface area contributed by atoms with Crippen molar-refractivity contribution in [3.8, 4) is 0 Å². The molecule has 0 unspecified atom stereocenters. The Morgan fingerprint density at radius 2 is 1.38 bits per heavy atom. The van der Waals surface area contributed by atoms with Crippen molar-refractivity contribution in [2.75, 3.05) is 13.2 Å². The summed E-state index contributed by atoms with van der Waals surface area (Å²) in [5.41, 5.74) is 0. The van der Waals surface area contributed by atoms with Gasteiger partial charge in [0.1, 0.15) is 73.7 Å². The highest BCUT2D eigenvalue weighted by molar-refractivity contribution is 5.73. The second-order valence-corrected chi connectivity index (χ2v) is 9.67. The van der Waals surface area contributed by atoms with Crippen molar-refractivity contribution in [3.63, 3.8) is 0 Å². The van der Waals surface area contributed by atoms with Crippen molar-refractivity contribution in [1.82, 2.24) is 5.32 Å². The second-order valence-electron chi connectivity index (χ2n) is 9.67. The van der Waals surface area contributed by atoms with Crippen LogP contribution in [0.25, 0.3) is 0 Å². The zero-order chi connectivity index (χ0) is 29.2. The first-order valence-electron chi connectivity index (χ1n) is 12.3. The number of aliphatic hydroxyl groups excluding tert-OH is 8. The van der Waals surface area contributed by atoms with Gasteiger partial charge in [0, 0.05) is 13.8 Å². The number of rotatable bonds is 8. The van der Waals surface area contributed by atoms with Gasteiger partial charge in [-0.2, -0.15) is 0 Å². The molecular formula is C22H37NO16. The van der Waals surface area contributed by atoms with E-state index in [1.807, 2.05) is 0 Å². The van der Waals surface area contributed by atoms with E-state index in [2.05, 4.69) is 5.32 Å². The minimum Gasteiger partial charge on any atom is -0.463 e. The lowest BCUT2D eigenvalue weighted by atomic mass is 9.95. The van der Waals surface area contributed by atoms with Crippen molar-refractivity contribution in [3.05, 3.63) is 0 Å². The fourth-order valence-electron chi connectivity index (χ4n) is 4.57. The summed E-state index contributed by atoms with van der Waals surface area (Å²) in [6, 6.07) is -1.43. The lowest BCUT2D eigenvalue weighted by Crippen LogP contribution is -2.68. The van der Waals surface area contributed by atoms with E-state index in [0.29, 0.717) is 0 Å². The van der Waals surface area contributed by atoms with Gasteiger partial charge in [-0.3, -0.25) is 9.59 Å². The molecule has 1 amide bonds. The van der Waals surface area contributed by atoms with Crippen LogP contribution in [0.2, 0.25) is 0 Å². The molecule has 0 aromatic rings. The van der Waals surface area contributed by atoms with Crippen LogP contribution in [0.5, 0.6) is 0 Å². The maximum atomic E-state index is 11.8. The van der Waals surface area contributed by atoms with E-state index in [9.17, 15) is 50.4 Å². The van der Waals surface area contributed by atoms with Gasteiger partial charge in [-0.05, 0) is 6.92 Å². The molecule has 0 saturated carbocycles. The Balaban J connectivity index is 1.90. The average molecular weight is 572 g/mol. The summed E-state index contributed by atoms with van der Waals surface area (Å²) < 4.78 is 32.6. The van der Waals surface area contributed by atoms with Gasteiger partial charge in [0.2, 0.25) is 5.91 Å². The van der Waals surface area contributed by atoms with Crippen LogP contribution in [0.1, 0.15) is 20.8 Å². The zero-order valence-corrected chi connectivity index (χ0v) is 21.4. The van der Waals surface area contributed by atoms with E-state index >= 15 is 0 Å². The predicted molar refractivity (Wildman–Crippen MR) is 121 cm³/mol. The quantitative estimate of drug-likeness (QED) is 0.123. The van der Waals surface area contributed by atoms with E-state index in [-0.39, 0.29) is 0 Å². The zero-order valence-electron chi connectivity index (χ0n) is 21.4. The van der Waals surface area contributed by atoms with Crippen LogP contribution in [-0.4, -0.2) is 158 Å². The molecule has 3 aliphatic heterocycles. The first kappa shape index (κ1) is 31.9. The molecule has 0 aliphatic carbocycles. The molecule has 39 heavy (non-hydrogen) atoms. The van der Waals surface area contributed by atoms with Crippen molar-refractivity contribution in [2.24, 2.45) is 0 Å². The van der Waals surface area contributed by atoms with E-state index in [1.54, 1.807) is 0 Å². The molecular weight excluding hydrogens is 534 g/mol. The Morgan fingerprint density at radius 3 is 1.97 bits per heavy atom. The Kier molecular flexibility index (Phi) is 11.0. The first-order chi connectivity index (χ1) is 18.3. The molecule has 3 heterocycles. The molecule has 226 valence electrons. The highest BCUT2D eigenvalue weighted by Crippen LogP contribution is 2.32. The standard InChI is InChI=1S/C22H37NO16/c1-6-12(27)15(30)17(32)21(35-6)39-19-16(31)13(28)9(4-24)37-22(19)38-18-11(23-7(2)25)20(33)36-10(14(18)29)5-34-8(3)26/h6,9-22,24,27-33H,4-5H2,1-3H3,(H,23,25)/t6-,9+,10+,11+,12-,13+,14+,15+,16-,17+,18+,19+,20-,21-,22+/m0/s1. The van der Waals surface area contributed by atoms with E-state index in [4.69, 9.17) is 28.4 Å². The van der Waals surface area contributed by atoms with Gasteiger partial charge in [-0.1, -0.05) is 0 Å². The fourth-order valence-corrected chi connectivity index (χ4v) is 4.57. The fraction of sp³-hybridized carbons (Fsp3) is 0.909. The summed E-state index contributed by atoms with van der Waals surface area (Å²) in [5, 5.41) is 85.2. The van der Waals surface area contributed by atoms with Crippen molar-refractivity contribution in [2.45, 2.75) is 113 Å². The van der Waals surface area contributed by atoms with Crippen LogP contribution in [-0.2, 0) is 38.0 Å². The number of ether oxygens (including phenoxy) is 6. The van der Waals surface area contributed by atoms with Crippen LogP contribution in [0.4, 0.5) is 0 Å². The maximum absolute atomic E-state index is 11.8. The van der Waals surface area contributed by atoms with Crippen LogP contribution < -0.4 is 5.32 Å². The SMILES string of the molecule is CC(=O)N[C@@H]1[C@@H](O[C@H]2O[C@H](CO)[C@@H](O)[C@H](O)[C@H]2O[C@@H]2O[C@@H](C)[C@H](O)[C@@H](O)[C@H]2O)[C@H](O)[C@@H](COC(C)=O)O[C@@H]1O. The summed E-state index contributed by atoms with van der Waals surface area (Å²) >= 11 is 0. The summed E-state index contributed by atoms with van der Waals surface area (Å²) in [4.78, 5) is 23.1. The van der Waals surface area contributed by atoms with Gasteiger partial charge in [0.15, 0.2) is 18.9 Å². The molecule has 9 N–H and O–H groups in total. The molecule has 17 heteroatoms. The van der Waals surface area contributed by atoms with Gasteiger partial charge in [-0.15, -0.1) is 0 Å². The normalized spacial score (nSPS) is 46.9. The van der Waals surface area contributed by atoms with Gasteiger partial charge in [0.05, 0.1) is 12.7 Å². The third-order valence-electron chi connectivity index (χ3n) is 6.73. The maximum Gasteiger partial charge on any atom is 0.302 e. The molecule has 0 bridgehead atoms. The summed E-state index contributed by atoms with van der Waals surface area (Å²) in [7, 11) is 0. The molecule has 17 nitrogen and oxygen atoms in total. The molecule has 15 atom stereocenters. The highest BCUT2D eigenvalue weighted by Gasteiger charge is 2.54. The Labute approximate surface area is 222 Å². The Bertz CT molecular complexity index is 834. The number of carbonyl (C=O) groups is 2. The minimum atomic E-state index is -1.85. The number of esters is 1. The number of aliphatic hydroxyl groups is 8. The summed E-state index contributed by atoms with van der Waals surface area (Å²) in [6.45, 7) is 2.31.